The highest BCUT2D eigenvalue weighted by atomic mass is 16.3. The van der Waals surface area contributed by atoms with Crippen LogP contribution in [0.15, 0.2) is 18.3 Å². The van der Waals surface area contributed by atoms with Crippen LogP contribution in [0.4, 0.5) is 0 Å². The van der Waals surface area contributed by atoms with Gasteiger partial charge in [0.1, 0.15) is 0 Å². The summed E-state index contributed by atoms with van der Waals surface area (Å²) in [6, 6.07) is 4.33. The molecule has 0 aliphatic rings. The monoisotopic (exact) mass is 256 g/mol. The number of unbranched alkanes of at least 4 members (excludes halogenated alkanes) is 1. The first kappa shape index (κ1) is 13.6. The first-order valence-electron chi connectivity index (χ1n) is 6.77. The van der Waals surface area contributed by atoms with Crippen molar-refractivity contribution in [2.75, 3.05) is 0 Å². The molecule has 3 heteroatoms. The van der Waals surface area contributed by atoms with E-state index in [9.17, 15) is 5.11 Å². The van der Waals surface area contributed by atoms with Crippen LogP contribution in [-0.4, -0.2) is 14.9 Å². The van der Waals surface area contributed by atoms with Crippen molar-refractivity contribution in [3.63, 3.8) is 0 Å². The second-order valence-corrected chi connectivity index (χ2v) is 4.96. The number of aromatic nitrogens is 2. The highest BCUT2D eigenvalue weighted by Gasteiger charge is 2.09. The Balaban J connectivity index is 2.53. The highest BCUT2D eigenvalue weighted by Crippen LogP contribution is 2.22. The minimum absolute atomic E-state index is 0.00928. The second kappa shape index (κ2) is 5.90. The predicted octanol–water partition coefficient (Wildman–Crippen LogP) is 3.26. The molecule has 0 saturated carbocycles. The Morgan fingerprint density at radius 2 is 2.16 bits per heavy atom. The van der Waals surface area contributed by atoms with Crippen molar-refractivity contribution >= 4 is 10.9 Å². The van der Waals surface area contributed by atoms with E-state index in [1.54, 1.807) is 0 Å². The first-order valence-corrected chi connectivity index (χ1v) is 6.77. The van der Waals surface area contributed by atoms with E-state index in [1.807, 2.05) is 23.0 Å². The quantitative estimate of drug-likeness (QED) is 0.856. The van der Waals surface area contributed by atoms with Gasteiger partial charge < -0.3 is 5.11 Å². The van der Waals surface area contributed by atoms with E-state index >= 15 is 0 Å². The second-order valence-electron chi connectivity index (χ2n) is 4.96. The fourth-order valence-electron chi connectivity index (χ4n) is 2.08. The maximum Gasteiger partial charge on any atom is 0.0694 e. The molecule has 19 heavy (non-hydrogen) atoms. The van der Waals surface area contributed by atoms with E-state index in [0.717, 1.165) is 34.9 Å². The van der Waals surface area contributed by atoms with Gasteiger partial charge in [-0.1, -0.05) is 18.8 Å². The molecular weight excluding hydrogens is 236 g/mol. The zero-order chi connectivity index (χ0) is 13.8. The Kier molecular flexibility index (Phi) is 4.24. The van der Waals surface area contributed by atoms with E-state index in [4.69, 9.17) is 0 Å². The van der Waals surface area contributed by atoms with Gasteiger partial charge in [0.25, 0.3) is 0 Å². The normalized spacial score (nSPS) is 10.8. The Hall–Kier alpha value is -1.79. The van der Waals surface area contributed by atoms with E-state index in [-0.39, 0.29) is 6.61 Å². The topological polar surface area (TPSA) is 38.0 Å². The lowest BCUT2D eigenvalue weighted by molar-refractivity contribution is 0.281. The number of benzene rings is 1. The lowest BCUT2D eigenvalue weighted by Gasteiger charge is -2.08. The molecule has 1 aromatic heterocycles. The number of hydrogen-bond acceptors (Lipinski definition) is 2. The predicted molar refractivity (Wildman–Crippen MR) is 77.8 cm³/mol. The lowest BCUT2D eigenvalue weighted by Crippen LogP contribution is -2.02. The average molecular weight is 256 g/mol. The summed E-state index contributed by atoms with van der Waals surface area (Å²) in [7, 11) is 0. The van der Waals surface area contributed by atoms with Crippen LogP contribution in [0, 0.1) is 11.8 Å². The van der Waals surface area contributed by atoms with Gasteiger partial charge in [-0.15, -0.1) is 0 Å². The smallest absolute Gasteiger partial charge is 0.0694 e. The lowest BCUT2D eigenvalue weighted by atomic mass is 10.1. The fraction of sp³-hybridized carbons (Fsp3) is 0.438. The molecule has 1 heterocycles. The maximum absolute atomic E-state index is 9.50. The molecule has 1 N–H and O–H groups in total. The van der Waals surface area contributed by atoms with Crippen LogP contribution >= 0.6 is 0 Å². The van der Waals surface area contributed by atoms with Gasteiger partial charge >= 0.3 is 0 Å². The van der Waals surface area contributed by atoms with E-state index in [2.05, 4.69) is 37.7 Å². The van der Waals surface area contributed by atoms with Gasteiger partial charge in [0, 0.05) is 23.4 Å². The number of nitrogens with zero attached hydrogens (tertiary/aromatic N) is 2. The van der Waals surface area contributed by atoms with Crippen molar-refractivity contribution in [1.82, 2.24) is 9.78 Å². The molecule has 0 aliphatic heterocycles. The summed E-state index contributed by atoms with van der Waals surface area (Å²) in [4.78, 5) is 0. The van der Waals surface area contributed by atoms with Crippen molar-refractivity contribution in [2.45, 2.75) is 46.3 Å². The van der Waals surface area contributed by atoms with Gasteiger partial charge in [0.15, 0.2) is 0 Å². The number of aliphatic hydroxyl groups is 1. The van der Waals surface area contributed by atoms with Crippen molar-refractivity contribution in [3.05, 3.63) is 29.5 Å². The fourth-order valence-corrected chi connectivity index (χ4v) is 2.08. The molecule has 2 rings (SSSR count). The molecule has 0 bridgehead atoms. The molecule has 2 aromatic rings. The number of aliphatic hydroxyl groups excluding tert-OH is 1. The van der Waals surface area contributed by atoms with Crippen molar-refractivity contribution in [3.8, 4) is 11.8 Å². The van der Waals surface area contributed by atoms with Crippen molar-refractivity contribution in [1.29, 1.82) is 0 Å². The highest BCUT2D eigenvalue weighted by molar-refractivity contribution is 5.81. The minimum atomic E-state index is 0.00928. The van der Waals surface area contributed by atoms with Crippen LogP contribution in [-0.2, 0) is 6.61 Å². The summed E-state index contributed by atoms with van der Waals surface area (Å²) in [5, 5.41) is 15.0. The number of hydrogen-bond donors (Lipinski definition) is 1. The van der Waals surface area contributed by atoms with Crippen LogP contribution < -0.4 is 0 Å². The molecule has 3 nitrogen and oxygen atoms in total. The molecule has 0 saturated heterocycles. The first-order chi connectivity index (χ1) is 9.17. The van der Waals surface area contributed by atoms with Crippen LogP contribution in [0.5, 0.6) is 0 Å². The third-order valence-electron chi connectivity index (χ3n) is 3.08. The zero-order valence-electron chi connectivity index (χ0n) is 11.8. The molecule has 0 fully saturated rings. The van der Waals surface area contributed by atoms with Crippen molar-refractivity contribution < 1.29 is 5.11 Å². The molecule has 0 spiro atoms. The van der Waals surface area contributed by atoms with E-state index in [0.29, 0.717) is 6.04 Å². The molecule has 1 aromatic carbocycles. The third kappa shape index (κ3) is 2.80. The maximum atomic E-state index is 9.50. The standard InChI is InChI=1S/C16H20N2O/c1-4-5-6-7-13-8-14-10-17-18(12(2)3)16(14)9-15(13)11-19/h8-10,12,19H,4-5,11H2,1-3H3. The van der Waals surface area contributed by atoms with Crippen LogP contribution in [0.2, 0.25) is 0 Å². The Morgan fingerprint density at radius 3 is 2.79 bits per heavy atom. The molecular formula is C16H20N2O. The van der Waals surface area contributed by atoms with Crippen LogP contribution in [0.25, 0.3) is 10.9 Å². The zero-order valence-corrected chi connectivity index (χ0v) is 11.8. The minimum Gasteiger partial charge on any atom is -0.392 e. The third-order valence-corrected chi connectivity index (χ3v) is 3.08. The molecule has 0 unspecified atom stereocenters. The molecule has 0 aliphatic carbocycles. The molecule has 0 amide bonds. The summed E-state index contributed by atoms with van der Waals surface area (Å²) >= 11 is 0. The van der Waals surface area contributed by atoms with Gasteiger partial charge in [-0.05, 0) is 38.0 Å². The van der Waals surface area contributed by atoms with Gasteiger partial charge in [-0.3, -0.25) is 4.68 Å². The Bertz CT molecular complexity index is 629. The van der Waals surface area contributed by atoms with Crippen molar-refractivity contribution in [2.24, 2.45) is 0 Å². The van der Waals surface area contributed by atoms with Crippen LogP contribution in [0.3, 0.4) is 0 Å². The molecule has 100 valence electrons. The molecule has 0 atom stereocenters. The summed E-state index contributed by atoms with van der Waals surface area (Å²) in [6.45, 7) is 6.31. The van der Waals surface area contributed by atoms with Crippen LogP contribution in [0.1, 0.15) is 50.8 Å². The summed E-state index contributed by atoms with van der Waals surface area (Å²) in [6.07, 6.45) is 3.80. The SMILES string of the molecule is CCCC#Cc1cc2cnn(C(C)C)c2cc1CO. The van der Waals surface area contributed by atoms with Gasteiger partial charge in [-0.25, -0.2) is 0 Å². The Morgan fingerprint density at radius 1 is 1.37 bits per heavy atom. The average Bonchev–Trinajstić information content (AvgIpc) is 2.80. The van der Waals surface area contributed by atoms with Gasteiger partial charge in [0.2, 0.25) is 0 Å². The van der Waals surface area contributed by atoms with E-state index in [1.165, 1.54) is 0 Å². The summed E-state index contributed by atoms with van der Waals surface area (Å²) in [5.74, 6) is 6.28. The van der Waals surface area contributed by atoms with Gasteiger partial charge in [-0.2, -0.15) is 5.10 Å². The Labute approximate surface area is 114 Å². The molecule has 0 radical (unpaired) electrons. The summed E-state index contributed by atoms with van der Waals surface area (Å²) < 4.78 is 1.97. The van der Waals surface area contributed by atoms with Gasteiger partial charge in [0.05, 0.1) is 18.3 Å². The largest absolute Gasteiger partial charge is 0.392 e. The summed E-state index contributed by atoms with van der Waals surface area (Å²) in [5.41, 5.74) is 2.84. The number of rotatable bonds is 3. The van der Waals surface area contributed by atoms with E-state index < -0.39 is 0 Å². The number of fused-ring (bicyclic) bond motifs is 1.